The fraction of sp³-hybridized carbons (Fsp3) is 0.125. The van der Waals surface area contributed by atoms with Gasteiger partial charge in [-0.05, 0) is 35.4 Å². The van der Waals surface area contributed by atoms with Crippen molar-refractivity contribution in [1.29, 1.82) is 0 Å². The summed E-state index contributed by atoms with van der Waals surface area (Å²) in [6, 6.07) is 16.7. The Bertz CT molecular complexity index is 675. The first-order chi connectivity index (χ1) is 10.3. The Balaban J connectivity index is 1.58. The summed E-state index contributed by atoms with van der Waals surface area (Å²) >= 11 is 3.44. The van der Waals surface area contributed by atoms with E-state index in [2.05, 4.69) is 79.9 Å². The molecule has 0 aliphatic rings. The molecule has 2 aromatic carbocycles. The molecule has 5 heteroatoms. The second kappa shape index (κ2) is 6.54. The molecule has 0 aliphatic carbocycles. The summed E-state index contributed by atoms with van der Waals surface area (Å²) in [6.45, 7) is 1.56. The van der Waals surface area contributed by atoms with E-state index in [1.807, 2.05) is 4.68 Å². The van der Waals surface area contributed by atoms with Gasteiger partial charge in [-0.15, -0.1) is 0 Å². The van der Waals surface area contributed by atoms with E-state index in [0.29, 0.717) is 0 Å². The summed E-state index contributed by atoms with van der Waals surface area (Å²) in [7, 11) is 0. The van der Waals surface area contributed by atoms with Crippen LogP contribution in [0, 0.1) is 0 Å². The second-order valence-electron chi connectivity index (χ2n) is 4.77. The Labute approximate surface area is 132 Å². The third-order valence-corrected chi connectivity index (χ3v) is 3.70. The molecule has 1 aromatic heterocycles. The summed E-state index contributed by atoms with van der Waals surface area (Å²) in [5, 5.41) is 7.52. The van der Waals surface area contributed by atoms with Crippen LogP contribution >= 0.6 is 15.9 Å². The van der Waals surface area contributed by atoms with E-state index in [-0.39, 0.29) is 0 Å². The van der Waals surface area contributed by atoms with E-state index < -0.39 is 0 Å². The van der Waals surface area contributed by atoms with E-state index in [1.165, 1.54) is 11.1 Å². The molecule has 0 unspecified atom stereocenters. The molecular formula is C16H15BrN4. The van der Waals surface area contributed by atoms with Crippen LogP contribution in [0.2, 0.25) is 0 Å². The van der Waals surface area contributed by atoms with Gasteiger partial charge in [-0.3, -0.25) is 0 Å². The molecule has 21 heavy (non-hydrogen) atoms. The van der Waals surface area contributed by atoms with E-state index in [0.717, 1.165) is 23.2 Å². The number of hydrogen-bond donors (Lipinski definition) is 1. The van der Waals surface area contributed by atoms with Crippen LogP contribution in [0.4, 0.5) is 5.69 Å². The van der Waals surface area contributed by atoms with Crippen molar-refractivity contribution in [2.24, 2.45) is 0 Å². The number of anilines is 1. The predicted octanol–water partition coefficient (Wildman–Crippen LogP) is 3.70. The average molecular weight is 343 g/mol. The maximum absolute atomic E-state index is 4.10. The normalized spacial score (nSPS) is 10.5. The number of halogens is 1. The number of nitrogens with zero attached hydrogens (tertiary/aromatic N) is 3. The molecule has 0 atom stereocenters. The highest BCUT2D eigenvalue weighted by molar-refractivity contribution is 9.10. The van der Waals surface area contributed by atoms with Crippen LogP contribution in [0.1, 0.15) is 11.1 Å². The van der Waals surface area contributed by atoms with Crippen molar-refractivity contribution in [3.63, 3.8) is 0 Å². The zero-order chi connectivity index (χ0) is 14.5. The van der Waals surface area contributed by atoms with Gasteiger partial charge in [-0.1, -0.05) is 40.2 Å². The maximum atomic E-state index is 4.10. The van der Waals surface area contributed by atoms with Crippen molar-refractivity contribution >= 4 is 21.6 Å². The fourth-order valence-electron chi connectivity index (χ4n) is 2.04. The molecule has 0 radical (unpaired) electrons. The molecule has 0 bridgehead atoms. The molecule has 0 fully saturated rings. The van der Waals surface area contributed by atoms with Gasteiger partial charge in [0.2, 0.25) is 0 Å². The fourth-order valence-corrected chi connectivity index (χ4v) is 2.30. The van der Waals surface area contributed by atoms with Crippen molar-refractivity contribution in [2.45, 2.75) is 13.1 Å². The van der Waals surface area contributed by atoms with E-state index in [9.17, 15) is 0 Å². The van der Waals surface area contributed by atoms with Crippen molar-refractivity contribution in [1.82, 2.24) is 14.8 Å². The summed E-state index contributed by atoms with van der Waals surface area (Å²) < 4.78 is 2.91. The zero-order valence-corrected chi connectivity index (χ0v) is 13.0. The smallest absolute Gasteiger partial charge is 0.137 e. The lowest BCUT2D eigenvalue weighted by Gasteiger charge is -2.08. The van der Waals surface area contributed by atoms with Gasteiger partial charge in [0.05, 0.1) is 6.54 Å². The van der Waals surface area contributed by atoms with E-state index >= 15 is 0 Å². The molecule has 0 saturated carbocycles. The second-order valence-corrected chi connectivity index (χ2v) is 5.69. The number of aromatic nitrogens is 3. The van der Waals surface area contributed by atoms with Crippen LogP contribution in [0.15, 0.2) is 65.7 Å². The Kier molecular flexibility index (Phi) is 4.31. The van der Waals surface area contributed by atoms with Crippen LogP contribution in [-0.2, 0) is 13.1 Å². The third-order valence-electron chi connectivity index (χ3n) is 3.17. The Morgan fingerprint density at radius 1 is 0.952 bits per heavy atom. The van der Waals surface area contributed by atoms with Gasteiger partial charge in [-0.2, -0.15) is 5.10 Å². The molecule has 0 amide bonds. The van der Waals surface area contributed by atoms with Gasteiger partial charge < -0.3 is 5.32 Å². The van der Waals surface area contributed by atoms with E-state index in [4.69, 9.17) is 0 Å². The van der Waals surface area contributed by atoms with Gasteiger partial charge in [0.15, 0.2) is 0 Å². The van der Waals surface area contributed by atoms with Crippen molar-refractivity contribution in [3.8, 4) is 0 Å². The van der Waals surface area contributed by atoms with E-state index in [1.54, 1.807) is 12.7 Å². The first-order valence-electron chi connectivity index (χ1n) is 6.69. The average Bonchev–Trinajstić information content (AvgIpc) is 3.01. The zero-order valence-electron chi connectivity index (χ0n) is 11.4. The number of hydrogen-bond acceptors (Lipinski definition) is 3. The quantitative estimate of drug-likeness (QED) is 0.768. The number of benzene rings is 2. The molecule has 1 heterocycles. The molecule has 4 nitrogen and oxygen atoms in total. The predicted molar refractivity (Wildman–Crippen MR) is 87.0 cm³/mol. The van der Waals surface area contributed by atoms with Gasteiger partial charge >= 0.3 is 0 Å². The van der Waals surface area contributed by atoms with Crippen LogP contribution in [0.3, 0.4) is 0 Å². The lowest BCUT2D eigenvalue weighted by Crippen LogP contribution is -2.01. The number of nitrogens with one attached hydrogen (secondary N) is 1. The monoisotopic (exact) mass is 342 g/mol. The minimum atomic E-state index is 0.743. The highest BCUT2D eigenvalue weighted by Gasteiger charge is 1.98. The summed E-state index contributed by atoms with van der Waals surface area (Å²) in [5.41, 5.74) is 3.57. The largest absolute Gasteiger partial charge is 0.381 e. The highest BCUT2D eigenvalue weighted by Crippen LogP contribution is 2.14. The van der Waals surface area contributed by atoms with Crippen molar-refractivity contribution in [3.05, 3.63) is 76.8 Å². The lowest BCUT2D eigenvalue weighted by atomic mass is 10.2. The topological polar surface area (TPSA) is 42.7 Å². The number of rotatable bonds is 5. The molecule has 3 aromatic rings. The minimum Gasteiger partial charge on any atom is -0.381 e. The first kappa shape index (κ1) is 13.8. The Morgan fingerprint density at radius 3 is 2.33 bits per heavy atom. The Morgan fingerprint density at radius 2 is 1.67 bits per heavy atom. The molecule has 106 valence electrons. The molecule has 0 spiro atoms. The van der Waals surface area contributed by atoms with Gasteiger partial charge in [0, 0.05) is 16.7 Å². The SMILES string of the molecule is Brc1ccc(CNc2ccc(Cn3cncn3)cc2)cc1. The van der Waals surface area contributed by atoms with Gasteiger partial charge in [0.25, 0.3) is 0 Å². The summed E-state index contributed by atoms with van der Waals surface area (Å²) in [6.07, 6.45) is 3.27. The highest BCUT2D eigenvalue weighted by atomic mass is 79.9. The lowest BCUT2D eigenvalue weighted by molar-refractivity contribution is 0.685. The molecule has 3 rings (SSSR count). The summed E-state index contributed by atoms with van der Waals surface area (Å²) in [5.74, 6) is 0. The van der Waals surface area contributed by atoms with Gasteiger partial charge in [0.1, 0.15) is 12.7 Å². The molecule has 0 aliphatic heterocycles. The van der Waals surface area contributed by atoms with Crippen LogP contribution in [0.25, 0.3) is 0 Å². The van der Waals surface area contributed by atoms with Crippen molar-refractivity contribution in [2.75, 3.05) is 5.32 Å². The molecular weight excluding hydrogens is 328 g/mol. The standard InChI is InChI=1S/C16H15BrN4/c17-15-5-1-13(2-6-15)9-19-16-7-3-14(4-8-16)10-21-12-18-11-20-21/h1-8,11-12,19H,9-10H2. The van der Waals surface area contributed by atoms with Crippen LogP contribution in [-0.4, -0.2) is 14.8 Å². The van der Waals surface area contributed by atoms with Crippen molar-refractivity contribution < 1.29 is 0 Å². The first-order valence-corrected chi connectivity index (χ1v) is 7.48. The van der Waals surface area contributed by atoms with Gasteiger partial charge in [-0.25, -0.2) is 9.67 Å². The maximum Gasteiger partial charge on any atom is 0.137 e. The molecule has 1 N–H and O–H groups in total. The Hall–Kier alpha value is -2.14. The minimum absolute atomic E-state index is 0.743. The van der Waals surface area contributed by atoms with Crippen LogP contribution < -0.4 is 5.32 Å². The third kappa shape index (κ3) is 3.92. The molecule has 0 saturated heterocycles. The van der Waals surface area contributed by atoms with Crippen LogP contribution in [0.5, 0.6) is 0 Å². The summed E-state index contributed by atoms with van der Waals surface area (Å²) in [4.78, 5) is 3.94.